The molecule has 0 aliphatic rings. The molecule has 1 aromatic carbocycles. The molecule has 5 nitrogen and oxygen atoms in total. The molecule has 0 unspecified atom stereocenters. The van der Waals surface area contributed by atoms with Gasteiger partial charge in [-0.1, -0.05) is 11.2 Å². The lowest BCUT2D eigenvalue weighted by Crippen LogP contribution is -2.04. The minimum Gasteiger partial charge on any atom is -0.486 e. The lowest BCUT2D eigenvalue weighted by atomic mass is 10.3. The monoisotopic (exact) mass is 347 g/mol. The van der Waals surface area contributed by atoms with Crippen molar-refractivity contribution in [3.8, 4) is 5.75 Å². The van der Waals surface area contributed by atoms with Gasteiger partial charge in [0, 0.05) is 11.0 Å². The Morgan fingerprint density at radius 1 is 1.35 bits per heavy atom. The molecular weight excluding hydrogens is 335 g/mol. The first-order valence-electron chi connectivity index (χ1n) is 6.48. The summed E-state index contributed by atoms with van der Waals surface area (Å²) in [6.45, 7) is 1.79. The minimum absolute atomic E-state index is 0.00632. The molecule has 0 spiro atoms. The molecule has 0 saturated carbocycles. The Morgan fingerprint density at radius 3 is 2.83 bits per heavy atom. The molecule has 0 radical (unpaired) electrons. The van der Waals surface area contributed by atoms with Crippen molar-refractivity contribution in [3.63, 3.8) is 0 Å². The highest BCUT2D eigenvalue weighted by molar-refractivity contribution is 8.00. The van der Waals surface area contributed by atoms with E-state index < -0.39 is 11.5 Å². The first kappa shape index (κ1) is 17.2. The van der Waals surface area contributed by atoms with Crippen LogP contribution in [0.5, 0.6) is 5.75 Å². The standard InChI is InChI=1S/C14H12F3NO4S/c1-2-20-13(19)12-7-10(22-18-12)8-21-9-4-3-5-11(6-9)23-14(15,16)17/h3-7H,2,8H2,1H3. The third-order valence-electron chi connectivity index (χ3n) is 2.46. The molecule has 0 aliphatic heterocycles. The van der Waals surface area contributed by atoms with Crippen molar-refractivity contribution >= 4 is 17.7 Å². The first-order chi connectivity index (χ1) is 10.9. The molecule has 0 N–H and O–H groups in total. The maximum Gasteiger partial charge on any atom is 0.446 e. The van der Waals surface area contributed by atoms with Crippen molar-refractivity contribution in [1.29, 1.82) is 0 Å². The van der Waals surface area contributed by atoms with Crippen LogP contribution in [-0.4, -0.2) is 23.2 Å². The molecular formula is C14H12F3NO4S. The number of nitrogens with zero attached hydrogens (tertiary/aromatic N) is 1. The number of hydrogen-bond acceptors (Lipinski definition) is 6. The van der Waals surface area contributed by atoms with Crippen LogP contribution >= 0.6 is 11.8 Å². The number of benzene rings is 1. The van der Waals surface area contributed by atoms with Crippen molar-refractivity contribution in [1.82, 2.24) is 5.16 Å². The Balaban J connectivity index is 1.96. The van der Waals surface area contributed by atoms with Crippen LogP contribution in [0.1, 0.15) is 23.2 Å². The molecule has 0 amide bonds. The summed E-state index contributed by atoms with van der Waals surface area (Å²) in [4.78, 5) is 11.4. The lowest BCUT2D eigenvalue weighted by Gasteiger charge is -2.08. The highest BCUT2D eigenvalue weighted by Gasteiger charge is 2.29. The molecule has 0 fully saturated rings. The van der Waals surface area contributed by atoms with Gasteiger partial charge in [-0.05, 0) is 36.9 Å². The van der Waals surface area contributed by atoms with Crippen molar-refractivity contribution in [3.05, 3.63) is 41.8 Å². The number of esters is 1. The number of ether oxygens (including phenoxy) is 2. The third kappa shape index (κ3) is 5.51. The van der Waals surface area contributed by atoms with Crippen molar-refractivity contribution < 1.29 is 32.0 Å². The summed E-state index contributed by atoms with van der Waals surface area (Å²) in [5.74, 6) is -0.124. The zero-order chi connectivity index (χ0) is 16.9. The van der Waals surface area contributed by atoms with E-state index in [-0.39, 0.29) is 47.1 Å². The molecule has 0 saturated heterocycles. The number of halogens is 3. The first-order valence-corrected chi connectivity index (χ1v) is 7.30. The van der Waals surface area contributed by atoms with E-state index in [1.165, 1.54) is 30.3 Å². The number of rotatable bonds is 6. The number of aromatic nitrogens is 1. The SMILES string of the molecule is CCOC(=O)c1cc(COc2cccc(SC(F)(F)F)c2)on1. The quantitative estimate of drug-likeness (QED) is 0.580. The molecule has 2 rings (SSSR count). The summed E-state index contributed by atoms with van der Waals surface area (Å²) in [6, 6.07) is 6.92. The molecule has 23 heavy (non-hydrogen) atoms. The van der Waals surface area contributed by atoms with E-state index in [2.05, 4.69) is 5.16 Å². The van der Waals surface area contributed by atoms with Crippen molar-refractivity contribution in [2.45, 2.75) is 23.9 Å². The fraction of sp³-hybridized carbons (Fsp3) is 0.286. The Bertz CT molecular complexity index is 672. The molecule has 9 heteroatoms. The summed E-state index contributed by atoms with van der Waals surface area (Å²) in [5.41, 5.74) is -4.36. The van der Waals surface area contributed by atoms with Crippen molar-refractivity contribution in [2.75, 3.05) is 6.61 Å². The van der Waals surface area contributed by atoms with Gasteiger partial charge in [0.15, 0.2) is 11.5 Å². The Morgan fingerprint density at radius 2 is 2.13 bits per heavy atom. The maximum absolute atomic E-state index is 12.3. The predicted octanol–water partition coefficient (Wildman–Crippen LogP) is 4.04. The van der Waals surface area contributed by atoms with Crippen LogP contribution in [0.2, 0.25) is 0 Å². The van der Waals surface area contributed by atoms with Crippen LogP contribution in [0.15, 0.2) is 39.8 Å². The molecule has 1 aromatic heterocycles. The summed E-state index contributed by atoms with van der Waals surface area (Å²) in [7, 11) is 0. The summed E-state index contributed by atoms with van der Waals surface area (Å²) < 4.78 is 52.0. The highest BCUT2D eigenvalue weighted by atomic mass is 32.2. The number of thioether (sulfide) groups is 1. The van der Waals surface area contributed by atoms with Crippen LogP contribution < -0.4 is 4.74 Å². The van der Waals surface area contributed by atoms with E-state index in [4.69, 9.17) is 14.0 Å². The fourth-order valence-electron chi connectivity index (χ4n) is 1.60. The molecule has 2 aromatic rings. The molecule has 124 valence electrons. The minimum atomic E-state index is -4.36. The van der Waals surface area contributed by atoms with Crippen molar-refractivity contribution in [2.24, 2.45) is 0 Å². The summed E-state index contributed by atoms with van der Waals surface area (Å²) in [5, 5.41) is 3.53. The average molecular weight is 347 g/mol. The Hall–Kier alpha value is -2.16. The van der Waals surface area contributed by atoms with Crippen LogP contribution in [-0.2, 0) is 11.3 Å². The lowest BCUT2D eigenvalue weighted by molar-refractivity contribution is -0.0328. The van der Waals surface area contributed by atoms with Gasteiger partial charge in [-0.15, -0.1) is 0 Å². The largest absolute Gasteiger partial charge is 0.486 e. The smallest absolute Gasteiger partial charge is 0.446 e. The molecule has 1 heterocycles. The second kappa shape index (κ2) is 7.40. The predicted molar refractivity (Wildman–Crippen MR) is 75.1 cm³/mol. The van der Waals surface area contributed by atoms with E-state index in [1.54, 1.807) is 6.92 Å². The van der Waals surface area contributed by atoms with Gasteiger partial charge < -0.3 is 14.0 Å². The van der Waals surface area contributed by atoms with Crippen LogP contribution in [0.4, 0.5) is 13.2 Å². The van der Waals surface area contributed by atoms with E-state index >= 15 is 0 Å². The number of carbonyl (C=O) groups excluding carboxylic acids is 1. The number of alkyl halides is 3. The topological polar surface area (TPSA) is 61.6 Å². The fourth-order valence-corrected chi connectivity index (χ4v) is 2.19. The third-order valence-corrected chi connectivity index (χ3v) is 3.18. The van der Waals surface area contributed by atoms with Gasteiger partial charge in [0.05, 0.1) is 6.61 Å². The summed E-state index contributed by atoms with van der Waals surface area (Å²) >= 11 is -0.227. The molecule has 0 atom stereocenters. The van der Waals surface area contributed by atoms with E-state index in [1.807, 2.05) is 0 Å². The van der Waals surface area contributed by atoms with Crippen LogP contribution in [0.3, 0.4) is 0 Å². The van der Waals surface area contributed by atoms with E-state index in [0.29, 0.717) is 0 Å². The number of carbonyl (C=O) groups is 1. The van der Waals surface area contributed by atoms with Gasteiger partial charge in [0.2, 0.25) is 0 Å². The number of hydrogen-bond donors (Lipinski definition) is 0. The van der Waals surface area contributed by atoms with Crippen LogP contribution in [0, 0.1) is 0 Å². The van der Waals surface area contributed by atoms with E-state index in [0.717, 1.165) is 0 Å². The zero-order valence-electron chi connectivity index (χ0n) is 11.9. The maximum atomic E-state index is 12.3. The van der Waals surface area contributed by atoms with E-state index in [9.17, 15) is 18.0 Å². The Kier molecular flexibility index (Phi) is 5.54. The van der Waals surface area contributed by atoms with Gasteiger partial charge >= 0.3 is 11.5 Å². The van der Waals surface area contributed by atoms with Gasteiger partial charge in [0.1, 0.15) is 12.4 Å². The second-order valence-electron chi connectivity index (χ2n) is 4.21. The van der Waals surface area contributed by atoms with Crippen LogP contribution in [0.25, 0.3) is 0 Å². The van der Waals surface area contributed by atoms with Gasteiger partial charge in [-0.2, -0.15) is 13.2 Å². The zero-order valence-corrected chi connectivity index (χ0v) is 12.7. The molecule has 0 aliphatic carbocycles. The molecule has 0 bridgehead atoms. The van der Waals surface area contributed by atoms with Gasteiger partial charge in [-0.25, -0.2) is 4.79 Å². The Labute approximate surface area is 133 Å². The summed E-state index contributed by atoms with van der Waals surface area (Å²) in [6.07, 6.45) is 0. The second-order valence-corrected chi connectivity index (χ2v) is 5.35. The highest BCUT2D eigenvalue weighted by Crippen LogP contribution is 2.37. The normalized spacial score (nSPS) is 11.3. The van der Waals surface area contributed by atoms with Gasteiger partial charge in [-0.3, -0.25) is 0 Å². The average Bonchev–Trinajstić information content (AvgIpc) is 2.93. The van der Waals surface area contributed by atoms with Gasteiger partial charge in [0.25, 0.3) is 0 Å².